The molecule has 0 atom stereocenters. The lowest BCUT2D eigenvalue weighted by Crippen LogP contribution is -2.22. The molecular formula is C17H15N3O3S. The summed E-state index contributed by atoms with van der Waals surface area (Å²) in [5, 5.41) is 12.2. The lowest BCUT2D eigenvalue weighted by molar-refractivity contribution is -0.118. The molecule has 0 radical (unpaired) electrons. The van der Waals surface area contributed by atoms with Gasteiger partial charge in [0.15, 0.2) is 6.61 Å². The second-order valence-corrected chi connectivity index (χ2v) is 6.48. The first-order valence-corrected chi connectivity index (χ1v) is 8.28. The molecule has 1 aliphatic carbocycles. The summed E-state index contributed by atoms with van der Waals surface area (Å²) in [5.74, 6) is -0.579. The van der Waals surface area contributed by atoms with Crippen LogP contribution in [0, 0.1) is 11.3 Å². The fourth-order valence-corrected chi connectivity index (χ4v) is 4.05. The second kappa shape index (κ2) is 6.72. The molecule has 6 nitrogen and oxygen atoms in total. The number of carbonyl (C=O) groups excluding carboxylic acids is 2. The van der Waals surface area contributed by atoms with E-state index in [0.717, 1.165) is 29.7 Å². The van der Waals surface area contributed by atoms with Gasteiger partial charge in [-0.1, -0.05) is 12.1 Å². The van der Waals surface area contributed by atoms with Gasteiger partial charge in [0.25, 0.3) is 11.8 Å². The summed E-state index contributed by atoms with van der Waals surface area (Å²) in [7, 11) is 0. The normalized spacial score (nSPS) is 12.3. The Bertz CT molecular complexity index is 851. The molecule has 0 spiro atoms. The maximum atomic E-state index is 12.1. The summed E-state index contributed by atoms with van der Waals surface area (Å²) in [6.07, 6.45) is 2.72. The number of nitrogens with zero attached hydrogens (tertiary/aromatic N) is 1. The van der Waals surface area contributed by atoms with Crippen molar-refractivity contribution in [1.82, 2.24) is 0 Å². The van der Waals surface area contributed by atoms with Crippen LogP contribution in [-0.2, 0) is 17.6 Å². The van der Waals surface area contributed by atoms with Crippen LogP contribution in [0.5, 0.6) is 5.75 Å². The molecule has 0 saturated heterocycles. The highest BCUT2D eigenvalue weighted by Gasteiger charge is 2.26. The predicted molar refractivity (Wildman–Crippen MR) is 90.1 cm³/mol. The van der Waals surface area contributed by atoms with E-state index in [1.807, 2.05) is 6.07 Å². The number of amides is 2. The molecule has 1 heterocycles. The maximum Gasteiger partial charge on any atom is 0.262 e. The number of nitrogens with one attached hydrogen (secondary N) is 1. The van der Waals surface area contributed by atoms with E-state index in [1.165, 1.54) is 11.3 Å². The van der Waals surface area contributed by atoms with Crippen LogP contribution < -0.4 is 15.8 Å². The number of ether oxygens (including phenoxy) is 1. The Hall–Kier alpha value is -2.85. The first-order valence-electron chi connectivity index (χ1n) is 7.46. The van der Waals surface area contributed by atoms with Crippen LogP contribution in [-0.4, -0.2) is 18.4 Å². The van der Waals surface area contributed by atoms with Gasteiger partial charge in [-0.3, -0.25) is 9.59 Å². The predicted octanol–water partition coefficient (Wildman–Crippen LogP) is 2.22. The van der Waals surface area contributed by atoms with Gasteiger partial charge in [0, 0.05) is 4.88 Å². The molecule has 1 aromatic carbocycles. The molecule has 2 aromatic rings. The lowest BCUT2D eigenvalue weighted by atomic mass is 10.1. The van der Waals surface area contributed by atoms with E-state index in [2.05, 4.69) is 5.32 Å². The first-order chi connectivity index (χ1) is 11.6. The number of para-hydroxylation sites is 1. The summed E-state index contributed by atoms with van der Waals surface area (Å²) in [6, 6.07) is 8.69. The third-order valence-electron chi connectivity index (χ3n) is 3.79. The largest absolute Gasteiger partial charge is 0.482 e. The van der Waals surface area contributed by atoms with E-state index in [1.54, 1.807) is 24.3 Å². The van der Waals surface area contributed by atoms with Gasteiger partial charge in [-0.2, -0.15) is 5.26 Å². The van der Waals surface area contributed by atoms with Crippen molar-refractivity contribution < 1.29 is 14.3 Å². The van der Waals surface area contributed by atoms with Gasteiger partial charge < -0.3 is 15.8 Å². The Kier molecular flexibility index (Phi) is 4.49. The van der Waals surface area contributed by atoms with E-state index < -0.39 is 11.8 Å². The number of carbonyl (C=O) groups is 2. The molecular weight excluding hydrogens is 326 g/mol. The van der Waals surface area contributed by atoms with E-state index in [0.29, 0.717) is 21.9 Å². The molecule has 0 unspecified atom stereocenters. The molecule has 7 heteroatoms. The highest BCUT2D eigenvalue weighted by molar-refractivity contribution is 7.17. The number of aryl methyl sites for hydroxylation is 1. The first kappa shape index (κ1) is 16.0. The zero-order chi connectivity index (χ0) is 17.1. The molecule has 0 fully saturated rings. The number of thiophene rings is 1. The average Bonchev–Trinajstić information content (AvgIpc) is 3.13. The quantitative estimate of drug-likeness (QED) is 0.870. The van der Waals surface area contributed by atoms with E-state index in [9.17, 15) is 9.59 Å². The van der Waals surface area contributed by atoms with E-state index in [-0.39, 0.29) is 6.61 Å². The number of nitrogens with two attached hydrogens (primary N) is 1. The summed E-state index contributed by atoms with van der Waals surface area (Å²) in [6.45, 7) is -0.251. The third kappa shape index (κ3) is 3.09. The Labute approximate surface area is 142 Å². The van der Waals surface area contributed by atoms with Gasteiger partial charge in [0.2, 0.25) is 0 Å². The average molecular weight is 341 g/mol. The Morgan fingerprint density at radius 2 is 2.12 bits per heavy atom. The van der Waals surface area contributed by atoms with Crippen molar-refractivity contribution in [3.05, 3.63) is 45.8 Å². The molecule has 1 aromatic heterocycles. The van der Waals surface area contributed by atoms with Crippen molar-refractivity contribution in [3.63, 3.8) is 0 Å². The molecule has 24 heavy (non-hydrogen) atoms. The minimum Gasteiger partial charge on any atom is -0.482 e. The minimum atomic E-state index is -0.527. The van der Waals surface area contributed by atoms with E-state index in [4.69, 9.17) is 15.7 Å². The lowest BCUT2D eigenvalue weighted by Gasteiger charge is -2.08. The van der Waals surface area contributed by atoms with Gasteiger partial charge >= 0.3 is 0 Å². The molecule has 122 valence electrons. The van der Waals surface area contributed by atoms with Gasteiger partial charge in [0.1, 0.15) is 16.8 Å². The number of fused-ring (bicyclic) bond motifs is 1. The van der Waals surface area contributed by atoms with Crippen molar-refractivity contribution >= 4 is 28.2 Å². The molecule has 0 saturated carbocycles. The maximum absolute atomic E-state index is 12.1. The summed E-state index contributed by atoms with van der Waals surface area (Å²) in [5.41, 5.74) is 7.19. The zero-order valence-electron chi connectivity index (χ0n) is 12.8. The second-order valence-electron chi connectivity index (χ2n) is 5.37. The van der Waals surface area contributed by atoms with Crippen molar-refractivity contribution in [3.8, 4) is 11.8 Å². The number of nitriles is 1. The van der Waals surface area contributed by atoms with Crippen molar-refractivity contribution in [2.45, 2.75) is 19.3 Å². The van der Waals surface area contributed by atoms with Crippen LogP contribution in [0.1, 0.15) is 32.8 Å². The van der Waals surface area contributed by atoms with Crippen LogP contribution in [0.2, 0.25) is 0 Å². The number of rotatable bonds is 5. The summed E-state index contributed by atoms with van der Waals surface area (Å²) < 4.78 is 5.39. The Morgan fingerprint density at radius 3 is 2.88 bits per heavy atom. The molecule has 0 bridgehead atoms. The van der Waals surface area contributed by atoms with Crippen LogP contribution >= 0.6 is 11.3 Å². The smallest absolute Gasteiger partial charge is 0.262 e. The molecule has 0 aliphatic heterocycles. The molecule has 2 amide bonds. The minimum absolute atomic E-state index is 0.251. The summed E-state index contributed by atoms with van der Waals surface area (Å²) >= 11 is 1.39. The van der Waals surface area contributed by atoms with Gasteiger partial charge in [-0.25, -0.2) is 0 Å². The Morgan fingerprint density at radius 1 is 1.33 bits per heavy atom. The Balaban J connectivity index is 1.70. The number of primary amides is 1. The van der Waals surface area contributed by atoms with Gasteiger partial charge in [0.05, 0.1) is 11.1 Å². The number of anilines is 1. The molecule has 3 rings (SSSR count). The van der Waals surface area contributed by atoms with E-state index >= 15 is 0 Å². The molecule has 3 N–H and O–H groups in total. The SMILES string of the molecule is N#Cc1ccccc1OCC(=O)Nc1sc2c(c1C(N)=O)CCC2. The van der Waals surface area contributed by atoms with Crippen molar-refractivity contribution in [2.24, 2.45) is 5.73 Å². The highest BCUT2D eigenvalue weighted by atomic mass is 32.1. The number of hydrogen-bond acceptors (Lipinski definition) is 5. The zero-order valence-corrected chi connectivity index (χ0v) is 13.6. The topological polar surface area (TPSA) is 105 Å². The van der Waals surface area contributed by atoms with Crippen molar-refractivity contribution in [2.75, 3.05) is 11.9 Å². The van der Waals surface area contributed by atoms with Gasteiger partial charge in [-0.15, -0.1) is 11.3 Å². The van der Waals surface area contributed by atoms with Gasteiger partial charge in [-0.05, 0) is 37.0 Å². The van der Waals surface area contributed by atoms with Crippen LogP contribution in [0.3, 0.4) is 0 Å². The van der Waals surface area contributed by atoms with Crippen LogP contribution in [0.4, 0.5) is 5.00 Å². The third-order valence-corrected chi connectivity index (χ3v) is 4.99. The highest BCUT2D eigenvalue weighted by Crippen LogP contribution is 2.38. The fourth-order valence-electron chi connectivity index (χ4n) is 2.74. The monoisotopic (exact) mass is 341 g/mol. The standard InChI is InChI=1S/C17H15N3O3S/c18-8-10-4-1-2-6-12(10)23-9-14(21)20-17-15(16(19)22)11-5-3-7-13(11)24-17/h1-2,4,6H,3,5,7,9H2,(H2,19,22)(H,20,21). The summed E-state index contributed by atoms with van der Waals surface area (Å²) in [4.78, 5) is 24.9. The van der Waals surface area contributed by atoms with Crippen LogP contribution in [0.25, 0.3) is 0 Å². The number of benzene rings is 1. The van der Waals surface area contributed by atoms with Crippen molar-refractivity contribution in [1.29, 1.82) is 5.26 Å². The fraction of sp³-hybridized carbons (Fsp3) is 0.235. The number of hydrogen-bond donors (Lipinski definition) is 2. The molecule has 1 aliphatic rings. The van der Waals surface area contributed by atoms with Crippen LogP contribution in [0.15, 0.2) is 24.3 Å².